The highest BCUT2D eigenvalue weighted by Gasteiger charge is 1.95. The first kappa shape index (κ1) is 10.8. The normalized spacial score (nSPS) is 18.6. The molecule has 1 fully saturated rings. The summed E-state index contributed by atoms with van der Waals surface area (Å²) in [7, 11) is -0.639. The van der Waals surface area contributed by atoms with Crippen molar-refractivity contribution in [1.82, 2.24) is 0 Å². The molecule has 0 aromatic heterocycles. The van der Waals surface area contributed by atoms with Gasteiger partial charge < -0.3 is 0 Å². The van der Waals surface area contributed by atoms with Crippen molar-refractivity contribution < 1.29 is 0 Å². The number of hydrogen-bond donors (Lipinski definition) is 0. The number of hydrogen-bond acceptors (Lipinski definition) is 0. The van der Waals surface area contributed by atoms with E-state index in [1.807, 2.05) is 0 Å². The molecule has 62 valence electrons. The van der Waals surface area contributed by atoms with E-state index in [2.05, 4.69) is 0 Å². The van der Waals surface area contributed by atoms with Crippen molar-refractivity contribution in [2.24, 2.45) is 0 Å². The van der Waals surface area contributed by atoms with Gasteiger partial charge in [0.15, 0.2) is 0 Å². The first-order chi connectivity index (χ1) is 4.91. The van der Waals surface area contributed by atoms with Gasteiger partial charge in [-0.2, -0.15) is 22.2 Å². The monoisotopic (exact) mass is 198 g/mol. The molecule has 0 saturated heterocycles. The summed E-state index contributed by atoms with van der Waals surface area (Å²) in [6.07, 6.45) is 10.5. The Kier molecular flexibility index (Phi) is 10.6. The van der Waals surface area contributed by atoms with Crippen LogP contribution in [-0.4, -0.2) is 8.14 Å². The molecule has 0 unspecified atom stereocenters. The van der Waals surface area contributed by atoms with Gasteiger partial charge in [0.2, 0.25) is 8.14 Å². The van der Waals surface area contributed by atoms with Crippen LogP contribution in [0, 0.1) is 0 Å². The van der Waals surface area contributed by atoms with Crippen molar-refractivity contribution >= 4 is 30.3 Å². The van der Waals surface area contributed by atoms with Crippen LogP contribution >= 0.6 is 22.2 Å². The van der Waals surface area contributed by atoms with E-state index in [4.69, 9.17) is 22.2 Å². The van der Waals surface area contributed by atoms with E-state index in [1.54, 1.807) is 0 Å². The molecule has 0 bridgehead atoms. The SMILES string of the molecule is C1CCCCCC1.Cl[SiH2]Cl. The molecule has 0 aliphatic heterocycles. The molecule has 1 aliphatic carbocycles. The zero-order valence-corrected chi connectivity index (χ0v) is 9.34. The molecule has 0 atom stereocenters. The summed E-state index contributed by atoms with van der Waals surface area (Å²) in [5, 5.41) is 0. The van der Waals surface area contributed by atoms with Crippen molar-refractivity contribution in [2.45, 2.75) is 44.9 Å². The van der Waals surface area contributed by atoms with Crippen molar-refractivity contribution in [3.05, 3.63) is 0 Å². The third-order valence-electron chi connectivity index (χ3n) is 1.75. The Morgan fingerprint density at radius 2 is 0.700 bits per heavy atom. The maximum absolute atomic E-state index is 4.90. The average Bonchev–Trinajstić information content (AvgIpc) is 2.17. The molecule has 0 aromatic carbocycles. The van der Waals surface area contributed by atoms with Gasteiger partial charge in [-0.1, -0.05) is 44.9 Å². The second-order valence-electron chi connectivity index (χ2n) is 2.58. The molecule has 0 spiro atoms. The van der Waals surface area contributed by atoms with Gasteiger partial charge in [0, 0.05) is 0 Å². The minimum absolute atomic E-state index is 0.639. The standard InChI is InChI=1S/C7H14.Cl2H2Si/c1-2-4-6-7-5-3-1;1-3-2/h1-7H2;3H2. The van der Waals surface area contributed by atoms with Crippen LogP contribution < -0.4 is 0 Å². The molecule has 0 N–H and O–H groups in total. The summed E-state index contributed by atoms with van der Waals surface area (Å²) >= 11 is 9.81. The summed E-state index contributed by atoms with van der Waals surface area (Å²) in [5.41, 5.74) is 0. The third kappa shape index (κ3) is 8.80. The van der Waals surface area contributed by atoms with E-state index < -0.39 is 8.14 Å². The molecule has 1 saturated carbocycles. The summed E-state index contributed by atoms with van der Waals surface area (Å²) < 4.78 is 0. The van der Waals surface area contributed by atoms with Gasteiger partial charge in [-0.15, -0.1) is 0 Å². The van der Waals surface area contributed by atoms with Crippen LogP contribution in [0.3, 0.4) is 0 Å². The maximum atomic E-state index is 4.90. The van der Waals surface area contributed by atoms with Gasteiger partial charge in [-0.3, -0.25) is 0 Å². The van der Waals surface area contributed by atoms with Crippen LogP contribution in [0.2, 0.25) is 0 Å². The summed E-state index contributed by atoms with van der Waals surface area (Å²) in [5.74, 6) is 0. The second kappa shape index (κ2) is 9.80. The van der Waals surface area contributed by atoms with Gasteiger partial charge in [0.1, 0.15) is 0 Å². The lowest BCUT2D eigenvalue weighted by molar-refractivity contribution is 0.702. The van der Waals surface area contributed by atoms with E-state index in [9.17, 15) is 0 Å². The Morgan fingerprint density at radius 3 is 0.800 bits per heavy atom. The number of halogens is 2. The quantitative estimate of drug-likeness (QED) is 0.319. The van der Waals surface area contributed by atoms with Crippen molar-refractivity contribution in [3.63, 3.8) is 0 Å². The lowest BCUT2D eigenvalue weighted by Gasteiger charge is -1.85. The topological polar surface area (TPSA) is 0 Å². The zero-order chi connectivity index (χ0) is 7.66. The van der Waals surface area contributed by atoms with Crippen molar-refractivity contribution in [1.29, 1.82) is 0 Å². The lowest BCUT2D eigenvalue weighted by atomic mass is 10.2. The van der Waals surface area contributed by atoms with Crippen LogP contribution in [0.15, 0.2) is 0 Å². The second-order valence-corrected chi connectivity index (χ2v) is 5.20. The average molecular weight is 199 g/mol. The predicted molar refractivity (Wildman–Crippen MR) is 52.6 cm³/mol. The lowest BCUT2D eigenvalue weighted by Crippen LogP contribution is -1.66. The van der Waals surface area contributed by atoms with Crippen LogP contribution in [0.5, 0.6) is 0 Å². The predicted octanol–water partition coefficient (Wildman–Crippen LogP) is 3.19. The smallest absolute Gasteiger partial charge is 0.155 e. The molecule has 1 aliphatic rings. The summed E-state index contributed by atoms with van der Waals surface area (Å²) in [4.78, 5) is 0. The van der Waals surface area contributed by atoms with E-state index >= 15 is 0 Å². The Hall–Kier alpha value is 0.797. The van der Waals surface area contributed by atoms with E-state index in [0.29, 0.717) is 0 Å². The Labute approximate surface area is 75.5 Å². The molecule has 0 aromatic rings. The first-order valence-electron chi connectivity index (χ1n) is 4.03. The first-order valence-corrected chi connectivity index (χ1v) is 8.31. The third-order valence-corrected chi connectivity index (χ3v) is 1.75. The van der Waals surface area contributed by atoms with E-state index in [0.717, 1.165) is 0 Å². The van der Waals surface area contributed by atoms with Crippen LogP contribution in [0.25, 0.3) is 0 Å². The Bertz CT molecular complexity index is 39.9. The number of rotatable bonds is 0. The molecule has 10 heavy (non-hydrogen) atoms. The van der Waals surface area contributed by atoms with Gasteiger partial charge in [0.05, 0.1) is 0 Å². The molecular weight excluding hydrogens is 183 g/mol. The maximum Gasteiger partial charge on any atom is 0.222 e. The summed E-state index contributed by atoms with van der Waals surface area (Å²) in [6, 6.07) is 0. The summed E-state index contributed by atoms with van der Waals surface area (Å²) in [6.45, 7) is 0. The highest BCUT2D eigenvalue weighted by molar-refractivity contribution is 7.22. The van der Waals surface area contributed by atoms with Gasteiger partial charge in [-0.25, -0.2) is 0 Å². The highest BCUT2D eigenvalue weighted by Crippen LogP contribution is 2.15. The molecule has 3 heteroatoms. The Morgan fingerprint density at radius 1 is 0.600 bits per heavy atom. The van der Waals surface area contributed by atoms with E-state index in [1.165, 1.54) is 44.9 Å². The fourth-order valence-corrected chi connectivity index (χ4v) is 1.24. The van der Waals surface area contributed by atoms with Gasteiger partial charge in [0.25, 0.3) is 0 Å². The minimum Gasteiger partial charge on any atom is -0.155 e. The van der Waals surface area contributed by atoms with Gasteiger partial charge >= 0.3 is 0 Å². The van der Waals surface area contributed by atoms with Crippen molar-refractivity contribution in [2.75, 3.05) is 0 Å². The molecular formula is C7H16Cl2Si. The molecule has 0 amide bonds. The molecule has 0 heterocycles. The molecule has 0 nitrogen and oxygen atoms in total. The largest absolute Gasteiger partial charge is 0.222 e. The van der Waals surface area contributed by atoms with Crippen LogP contribution in [0.4, 0.5) is 0 Å². The fraction of sp³-hybridized carbons (Fsp3) is 1.00. The highest BCUT2D eigenvalue weighted by atomic mass is 35.7. The zero-order valence-electron chi connectivity index (χ0n) is 6.41. The Balaban J connectivity index is 0.000000236. The molecule has 1 rings (SSSR count). The minimum atomic E-state index is -0.639. The molecule has 0 radical (unpaired) electrons. The van der Waals surface area contributed by atoms with Crippen LogP contribution in [0.1, 0.15) is 44.9 Å². The fourth-order valence-electron chi connectivity index (χ4n) is 1.24. The van der Waals surface area contributed by atoms with E-state index in [-0.39, 0.29) is 0 Å². The van der Waals surface area contributed by atoms with Crippen molar-refractivity contribution in [3.8, 4) is 0 Å². The van der Waals surface area contributed by atoms with Gasteiger partial charge in [-0.05, 0) is 0 Å². The van der Waals surface area contributed by atoms with Crippen LogP contribution in [-0.2, 0) is 0 Å².